The molecule has 0 aliphatic rings. The average Bonchev–Trinajstić information content (AvgIpc) is 2.97. The quantitative estimate of drug-likeness (QED) is 0.784. The molecule has 0 unspecified atom stereocenters. The SMILES string of the molecule is O=C(O)c1ccc(-n2nnnc2-c2ccccc2)cc1. The molecule has 0 bridgehead atoms. The number of aromatic carboxylic acids is 1. The van der Waals surface area contributed by atoms with Gasteiger partial charge in [0.2, 0.25) is 0 Å². The molecule has 6 nitrogen and oxygen atoms in total. The highest BCUT2D eigenvalue weighted by Crippen LogP contribution is 2.19. The molecule has 1 heterocycles. The van der Waals surface area contributed by atoms with Crippen LogP contribution in [0.4, 0.5) is 0 Å². The van der Waals surface area contributed by atoms with Crippen molar-refractivity contribution in [3.05, 3.63) is 60.2 Å². The lowest BCUT2D eigenvalue weighted by Gasteiger charge is -2.04. The van der Waals surface area contributed by atoms with Crippen molar-refractivity contribution in [2.45, 2.75) is 0 Å². The minimum atomic E-state index is -0.962. The fourth-order valence-electron chi connectivity index (χ4n) is 1.87. The van der Waals surface area contributed by atoms with E-state index >= 15 is 0 Å². The van der Waals surface area contributed by atoms with Gasteiger partial charge in [-0.3, -0.25) is 0 Å². The molecule has 3 rings (SSSR count). The molecule has 0 aliphatic heterocycles. The van der Waals surface area contributed by atoms with Crippen LogP contribution in [0.25, 0.3) is 17.1 Å². The number of benzene rings is 2. The summed E-state index contributed by atoms with van der Waals surface area (Å²) < 4.78 is 1.57. The molecule has 0 atom stereocenters. The first-order valence-corrected chi connectivity index (χ1v) is 5.93. The minimum Gasteiger partial charge on any atom is -0.478 e. The number of carbonyl (C=O) groups is 1. The van der Waals surface area contributed by atoms with E-state index in [1.165, 1.54) is 12.1 Å². The Labute approximate surface area is 114 Å². The van der Waals surface area contributed by atoms with Crippen LogP contribution in [-0.4, -0.2) is 31.3 Å². The van der Waals surface area contributed by atoms with Crippen LogP contribution in [0.15, 0.2) is 54.6 Å². The Hall–Kier alpha value is -3.02. The molecular weight excluding hydrogens is 256 g/mol. The third-order valence-corrected chi connectivity index (χ3v) is 2.86. The lowest BCUT2D eigenvalue weighted by atomic mass is 10.2. The van der Waals surface area contributed by atoms with E-state index in [2.05, 4.69) is 15.5 Å². The summed E-state index contributed by atoms with van der Waals surface area (Å²) in [6, 6.07) is 15.9. The molecule has 98 valence electrons. The van der Waals surface area contributed by atoms with Crippen LogP contribution in [0.1, 0.15) is 10.4 Å². The van der Waals surface area contributed by atoms with Gasteiger partial charge < -0.3 is 5.11 Å². The first kappa shape index (κ1) is 12.0. The highest BCUT2D eigenvalue weighted by molar-refractivity contribution is 5.87. The summed E-state index contributed by atoms with van der Waals surface area (Å²) >= 11 is 0. The zero-order valence-corrected chi connectivity index (χ0v) is 10.3. The Kier molecular flexibility index (Phi) is 2.96. The van der Waals surface area contributed by atoms with Crippen molar-refractivity contribution in [2.75, 3.05) is 0 Å². The Bertz CT molecular complexity index is 735. The van der Waals surface area contributed by atoms with Gasteiger partial charge >= 0.3 is 5.97 Å². The maximum atomic E-state index is 10.8. The Balaban J connectivity index is 2.04. The lowest BCUT2D eigenvalue weighted by molar-refractivity contribution is 0.0697. The van der Waals surface area contributed by atoms with E-state index in [1.807, 2.05) is 30.3 Å². The number of hydrogen-bond acceptors (Lipinski definition) is 4. The van der Waals surface area contributed by atoms with Crippen molar-refractivity contribution >= 4 is 5.97 Å². The van der Waals surface area contributed by atoms with Crippen molar-refractivity contribution in [1.29, 1.82) is 0 Å². The van der Waals surface area contributed by atoms with Crippen LogP contribution < -0.4 is 0 Å². The molecule has 6 heteroatoms. The summed E-state index contributed by atoms with van der Waals surface area (Å²) in [5, 5.41) is 20.5. The smallest absolute Gasteiger partial charge is 0.335 e. The molecule has 0 amide bonds. The van der Waals surface area contributed by atoms with Gasteiger partial charge in [-0.05, 0) is 34.7 Å². The molecule has 3 aromatic rings. The van der Waals surface area contributed by atoms with Crippen LogP contribution >= 0.6 is 0 Å². The van der Waals surface area contributed by atoms with Gasteiger partial charge in [-0.15, -0.1) is 5.10 Å². The lowest BCUT2D eigenvalue weighted by Crippen LogP contribution is -2.01. The van der Waals surface area contributed by atoms with E-state index in [4.69, 9.17) is 5.11 Å². The first-order chi connectivity index (χ1) is 9.75. The van der Waals surface area contributed by atoms with Gasteiger partial charge in [-0.2, -0.15) is 4.68 Å². The molecule has 0 saturated carbocycles. The predicted octanol–water partition coefficient (Wildman–Crippen LogP) is 2.03. The normalized spacial score (nSPS) is 10.4. The van der Waals surface area contributed by atoms with E-state index in [0.29, 0.717) is 11.5 Å². The topological polar surface area (TPSA) is 80.9 Å². The maximum Gasteiger partial charge on any atom is 0.335 e. The second-order valence-corrected chi connectivity index (χ2v) is 4.13. The summed E-state index contributed by atoms with van der Waals surface area (Å²) in [6.07, 6.45) is 0. The van der Waals surface area contributed by atoms with Gasteiger partial charge in [0.25, 0.3) is 0 Å². The monoisotopic (exact) mass is 266 g/mol. The first-order valence-electron chi connectivity index (χ1n) is 5.93. The minimum absolute atomic E-state index is 0.225. The van der Waals surface area contributed by atoms with E-state index < -0.39 is 5.97 Å². The van der Waals surface area contributed by atoms with Crippen molar-refractivity contribution in [3.63, 3.8) is 0 Å². The number of carboxylic acids is 1. The second kappa shape index (κ2) is 4.93. The van der Waals surface area contributed by atoms with Crippen LogP contribution in [-0.2, 0) is 0 Å². The Morgan fingerprint density at radius 1 is 1.00 bits per heavy atom. The van der Waals surface area contributed by atoms with Crippen molar-refractivity contribution in [1.82, 2.24) is 20.2 Å². The summed E-state index contributed by atoms with van der Waals surface area (Å²) in [7, 11) is 0. The Morgan fingerprint density at radius 3 is 2.35 bits per heavy atom. The number of rotatable bonds is 3. The van der Waals surface area contributed by atoms with Crippen LogP contribution in [0.3, 0.4) is 0 Å². The molecule has 20 heavy (non-hydrogen) atoms. The zero-order chi connectivity index (χ0) is 13.9. The molecule has 0 fully saturated rings. The summed E-state index contributed by atoms with van der Waals surface area (Å²) in [4.78, 5) is 10.8. The van der Waals surface area contributed by atoms with E-state index in [1.54, 1.807) is 16.8 Å². The fourth-order valence-corrected chi connectivity index (χ4v) is 1.87. The van der Waals surface area contributed by atoms with E-state index in [-0.39, 0.29) is 5.56 Å². The summed E-state index contributed by atoms with van der Waals surface area (Å²) in [5.74, 6) is -0.356. The van der Waals surface area contributed by atoms with E-state index in [9.17, 15) is 4.79 Å². The third kappa shape index (κ3) is 2.14. The van der Waals surface area contributed by atoms with Gasteiger partial charge in [0.05, 0.1) is 11.3 Å². The van der Waals surface area contributed by atoms with Gasteiger partial charge in [-0.25, -0.2) is 4.79 Å². The molecule has 0 spiro atoms. The number of carboxylic acid groups (broad SMARTS) is 1. The van der Waals surface area contributed by atoms with Crippen molar-refractivity contribution in [2.24, 2.45) is 0 Å². The van der Waals surface area contributed by atoms with Gasteiger partial charge in [0.1, 0.15) is 0 Å². The van der Waals surface area contributed by atoms with Crippen molar-refractivity contribution in [3.8, 4) is 17.1 Å². The number of nitrogens with zero attached hydrogens (tertiary/aromatic N) is 4. The molecule has 1 aromatic heterocycles. The number of hydrogen-bond donors (Lipinski definition) is 1. The number of aromatic nitrogens is 4. The molecule has 0 aliphatic carbocycles. The van der Waals surface area contributed by atoms with Gasteiger partial charge in [0, 0.05) is 5.56 Å². The predicted molar refractivity (Wildman–Crippen MR) is 71.5 cm³/mol. The standard InChI is InChI=1S/C14H10N4O2/c19-14(20)11-6-8-12(9-7-11)18-13(15-16-17-18)10-4-2-1-3-5-10/h1-9H,(H,19,20). The van der Waals surface area contributed by atoms with Gasteiger partial charge in [-0.1, -0.05) is 30.3 Å². The molecular formula is C14H10N4O2. The maximum absolute atomic E-state index is 10.8. The van der Waals surface area contributed by atoms with E-state index in [0.717, 1.165) is 5.56 Å². The average molecular weight is 266 g/mol. The highest BCUT2D eigenvalue weighted by Gasteiger charge is 2.11. The summed E-state index contributed by atoms with van der Waals surface area (Å²) in [6.45, 7) is 0. The fraction of sp³-hybridized carbons (Fsp3) is 0. The van der Waals surface area contributed by atoms with Crippen LogP contribution in [0, 0.1) is 0 Å². The molecule has 0 radical (unpaired) electrons. The van der Waals surface area contributed by atoms with Crippen LogP contribution in [0.2, 0.25) is 0 Å². The van der Waals surface area contributed by atoms with Crippen molar-refractivity contribution < 1.29 is 9.90 Å². The van der Waals surface area contributed by atoms with Gasteiger partial charge in [0.15, 0.2) is 5.82 Å². The third-order valence-electron chi connectivity index (χ3n) is 2.86. The Morgan fingerprint density at radius 2 is 1.70 bits per heavy atom. The number of tetrazole rings is 1. The molecule has 0 saturated heterocycles. The van der Waals surface area contributed by atoms with Crippen LogP contribution in [0.5, 0.6) is 0 Å². The largest absolute Gasteiger partial charge is 0.478 e. The second-order valence-electron chi connectivity index (χ2n) is 4.13. The zero-order valence-electron chi connectivity index (χ0n) is 10.3. The molecule has 1 N–H and O–H groups in total. The highest BCUT2D eigenvalue weighted by atomic mass is 16.4. The molecule has 2 aromatic carbocycles. The summed E-state index contributed by atoms with van der Waals surface area (Å²) in [5.41, 5.74) is 1.82.